The van der Waals surface area contributed by atoms with E-state index in [4.69, 9.17) is 5.73 Å². The van der Waals surface area contributed by atoms with Crippen molar-refractivity contribution in [1.82, 2.24) is 0 Å². The molecule has 0 aliphatic carbocycles. The predicted molar refractivity (Wildman–Crippen MR) is 51.2 cm³/mol. The molecule has 14 heavy (non-hydrogen) atoms. The third-order valence-electron chi connectivity index (χ3n) is 1.91. The number of nitro benzene ring substituents is 1. The number of nitrogens with two attached hydrogens (primary N) is 1. The molecule has 5 nitrogen and oxygen atoms in total. The fourth-order valence-electron chi connectivity index (χ4n) is 1.24. The third-order valence-corrected chi connectivity index (χ3v) is 1.91. The van der Waals surface area contributed by atoms with Crippen molar-refractivity contribution in [2.75, 3.05) is 6.54 Å². The lowest BCUT2D eigenvalue weighted by Gasteiger charge is -2.02. The number of Topliss-reactive ketones (excluding diaryl/α,β-unsaturated/α-hetero) is 1. The summed E-state index contributed by atoms with van der Waals surface area (Å²) in [6.45, 7) is 1.37. The van der Waals surface area contributed by atoms with Gasteiger partial charge in [0.1, 0.15) is 0 Å². The summed E-state index contributed by atoms with van der Waals surface area (Å²) >= 11 is 0. The molecule has 1 rings (SSSR count). The average Bonchev–Trinajstić information content (AvgIpc) is 2.15. The predicted octanol–water partition coefficient (Wildman–Crippen LogP) is 1.04. The van der Waals surface area contributed by atoms with E-state index in [1.165, 1.54) is 6.07 Å². The SMILES string of the molecule is Cc1cccc(C(=O)CN)c1[N+](=O)[O-]. The lowest BCUT2D eigenvalue weighted by molar-refractivity contribution is -0.385. The molecule has 0 amide bonds. The fraction of sp³-hybridized carbons (Fsp3) is 0.222. The number of hydrogen-bond acceptors (Lipinski definition) is 4. The molecular formula is C9H10N2O3. The zero-order chi connectivity index (χ0) is 10.7. The van der Waals surface area contributed by atoms with E-state index >= 15 is 0 Å². The molecule has 0 heterocycles. The molecule has 0 aliphatic rings. The number of carbonyl (C=O) groups excluding carboxylic acids is 1. The Morgan fingerprint density at radius 2 is 2.21 bits per heavy atom. The van der Waals surface area contributed by atoms with Crippen LogP contribution in [0.3, 0.4) is 0 Å². The maximum absolute atomic E-state index is 11.3. The number of aryl methyl sites for hydroxylation is 1. The van der Waals surface area contributed by atoms with Gasteiger partial charge in [0.15, 0.2) is 5.78 Å². The van der Waals surface area contributed by atoms with Crippen molar-refractivity contribution in [1.29, 1.82) is 0 Å². The highest BCUT2D eigenvalue weighted by molar-refractivity contribution is 6.01. The fourth-order valence-corrected chi connectivity index (χ4v) is 1.24. The van der Waals surface area contributed by atoms with Gasteiger partial charge < -0.3 is 5.73 Å². The molecule has 1 aromatic carbocycles. The monoisotopic (exact) mass is 194 g/mol. The summed E-state index contributed by atoms with van der Waals surface area (Å²) in [6.07, 6.45) is 0. The first-order valence-electron chi connectivity index (χ1n) is 4.05. The lowest BCUT2D eigenvalue weighted by atomic mass is 10.0. The van der Waals surface area contributed by atoms with Gasteiger partial charge in [-0.3, -0.25) is 14.9 Å². The number of rotatable bonds is 3. The van der Waals surface area contributed by atoms with Crippen LogP contribution in [0.4, 0.5) is 5.69 Å². The van der Waals surface area contributed by atoms with Crippen molar-refractivity contribution in [3.05, 3.63) is 39.4 Å². The van der Waals surface area contributed by atoms with E-state index in [0.29, 0.717) is 5.56 Å². The Hall–Kier alpha value is -1.75. The van der Waals surface area contributed by atoms with E-state index in [-0.39, 0.29) is 17.8 Å². The average molecular weight is 194 g/mol. The Morgan fingerprint density at radius 1 is 1.57 bits per heavy atom. The zero-order valence-corrected chi connectivity index (χ0v) is 7.69. The van der Waals surface area contributed by atoms with Gasteiger partial charge >= 0.3 is 0 Å². The molecule has 5 heteroatoms. The van der Waals surface area contributed by atoms with Crippen LogP contribution in [0.5, 0.6) is 0 Å². The van der Waals surface area contributed by atoms with Crippen molar-refractivity contribution in [3.8, 4) is 0 Å². The highest BCUT2D eigenvalue weighted by atomic mass is 16.6. The van der Waals surface area contributed by atoms with Gasteiger partial charge in [0.05, 0.1) is 17.0 Å². The second-order valence-electron chi connectivity index (χ2n) is 2.86. The first kappa shape index (κ1) is 10.3. The van der Waals surface area contributed by atoms with Gasteiger partial charge in [-0.15, -0.1) is 0 Å². The maximum Gasteiger partial charge on any atom is 0.283 e. The van der Waals surface area contributed by atoms with Crippen LogP contribution in [0.1, 0.15) is 15.9 Å². The van der Waals surface area contributed by atoms with Crippen molar-refractivity contribution in [2.24, 2.45) is 5.73 Å². The summed E-state index contributed by atoms with van der Waals surface area (Å²) in [4.78, 5) is 21.4. The van der Waals surface area contributed by atoms with E-state index in [0.717, 1.165) is 0 Å². The number of benzene rings is 1. The summed E-state index contributed by atoms with van der Waals surface area (Å²) in [5, 5.41) is 10.7. The molecule has 0 saturated heterocycles. The molecule has 1 aromatic rings. The number of carbonyl (C=O) groups is 1. The summed E-state index contributed by atoms with van der Waals surface area (Å²) in [5.41, 5.74) is 5.55. The van der Waals surface area contributed by atoms with Crippen molar-refractivity contribution in [3.63, 3.8) is 0 Å². The highest BCUT2D eigenvalue weighted by Gasteiger charge is 2.20. The number of nitro groups is 1. The number of hydrogen-bond donors (Lipinski definition) is 1. The molecule has 0 aromatic heterocycles. The van der Waals surface area contributed by atoms with E-state index in [1.807, 2.05) is 0 Å². The van der Waals surface area contributed by atoms with Crippen LogP contribution in [-0.4, -0.2) is 17.3 Å². The van der Waals surface area contributed by atoms with Gasteiger partial charge in [0.25, 0.3) is 5.69 Å². The van der Waals surface area contributed by atoms with Crippen LogP contribution < -0.4 is 5.73 Å². The van der Waals surface area contributed by atoms with Crippen LogP contribution in [0, 0.1) is 17.0 Å². The van der Waals surface area contributed by atoms with Crippen molar-refractivity contribution < 1.29 is 9.72 Å². The molecular weight excluding hydrogens is 184 g/mol. The van der Waals surface area contributed by atoms with E-state index in [1.54, 1.807) is 19.1 Å². The third kappa shape index (κ3) is 1.77. The van der Waals surface area contributed by atoms with E-state index in [9.17, 15) is 14.9 Å². The second kappa shape index (κ2) is 3.97. The van der Waals surface area contributed by atoms with Crippen LogP contribution >= 0.6 is 0 Å². The number of para-hydroxylation sites is 1. The zero-order valence-electron chi connectivity index (χ0n) is 7.69. The Labute approximate surface area is 80.7 Å². The summed E-state index contributed by atoms with van der Waals surface area (Å²) in [7, 11) is 0. The van der Waals surface area contributed by atoms with Gasteiger partial charge in [-0.2, -0.15) is 0 Å². The Morgan fingerprint density at radius 3 is 2.71 bits per heavy atom. The minimum Gasteiger partial charge on any atom is -0.324 e. The molecule has 0 aliphatic heterocycles. The quantitative estimate of drug-likeness (QED) is 0.442. The smallest absolute Gasteiger partial charge is 0.283 e. The van der Waals surface area contributed by atoms with Crippen LogP contribution in [0.15, 0.2) is 18.2 Å². The summed E-state index contributed by atoms with van der Waals surface area (Å²) in [5.74, 6) is -0.416. The molecule has 0 fully saturated rings. The van der Waals surface area contributed by atoms with E-state index < -0.39 is 10.7 Å². The van der Waals surface area contributed by atoms with Gasteiger partial charge in [0, 0.05) is 5.56 Å². The minimum absolute atomic E-state index is 0.0810. The largest absolute Gasteiger partial charge is 0.324 e. The molecule has 74 valence electrons. The topological polar surface area (TPSA) is 86.2 Å². The van der Waals surface area contributed by atoms with Gasteiger partial charge in [-0.25, -0.2) is 0 Å². The van der Waals surface area contributed by atoms with Crippen molar-refractivity contribution in [2.45, 2.75) is 6.92 Å². The maximum atomic E-state index is 11.3. The number of nitrogens with zero attached hydrogens (tertiary/aromatic N) is 1. The Bertz CT molecular complexity index is 388. The standard InChI is InChI=1S/C9H10N2O3/c1-6-3-2-4-7(8(12)5-10)9(6)11(13)14/h2-4H,5,10H2,1H3. The van der Waals surface area contributed by atoms with Gasteiger partial charge in [-0.1, -0.05) is 12.1 Å². The number of ketones is 1. The first-order chi connectivity index (χ1) is 6.57. The van der Waals surface area contributed by atoms with Crippen LogP contribution in [-0.2, 0) is 0 Å². The molecule has 0 unspecified atom stereocenters. The summed E-state index contributed by atoms with van der Waals surface area (Å²) in [6, 6.07) is 4.61. The molecule has 0 atom stereocenters. The lowest BCUT2D eigenvalue weighted by Crippen LogP contribution is -2.15. The molecule has 0 radical (unpaired) electrons. The Kier molecular flexibility index (Phi) is 2.93. The van der Waals surface area contributed by atoms with Gasteiger partial charge in [0.2, 0.25) is 0 Å². The first-order valence-corrected chi connectivity index (χ1v) is 4.05. The molecule has 0 saturated carbocycles. The van der Waals surface area contributed by atoms with E-state index in [2.05, 4.69) is 0 Å². The normalized spacial score (nSPS) is 9.86. The Balaban J connectivity index is 3.35. The van der Waals surface area contributed by atoms with Crippen LogP contribution in [0.25, 0.3) is 0 Å². The second-order valence-corrected chi connectivity index (χ2v) is 2.86. The highest BCUT2D eigenvalue weighted by Crippen LogP contribution is 2.22. The minimum atomic E-state index is -0.557. The molecule has 0 bridgehead atoms. The molecule has 2 N–H and O–H groups in total. The van der Waals surface area contributed by atoms with Crippen LogP contribution in [0.2, 0.25) is 0 Å². The molecule has 0 spiro atoms. The van der Waals surface area contributed by atoms with Gasteiger partial charge in [-0.05, 0) is 13.0 Å². The summed E-state index contributed by atoms with van der Waals surface area (Å²) < 4.78 is 0. The van der Waals surface area contributed by atoms with Crippen molar-refractivity contribution >= 4 is 11.5 Å².